The Balaban J connectivity index is 1.64. The molecule has 155 valence electrons. The SMILES string of the molecule is O=C(Nc1n[c]cs1)C(Oc1ccc(F)cc1F)c1ccc(S(=O)(=O)C2CC2)cc1. The van der Waals surface area contributed by atoms with Crippen LogP contribution < -0.4 is 10.1 Å². The van der Waals surface area contributed by atoms with E-state index < -0.39 is 33.5 Å². The molecule has 1 atom stereocenters. The van der Waals surface area contributed by atoms with E-state index in [1.807, 2.05) is 0 Å². The Morgan fingerprint density at radius 3 is 2.53 bits per heavy atom. The summed E-state index contributed by atoms with van der Waals surface area (Å²) in [5, 5.41) is 3.98. The van der Waals surface area contributed by atoms with E-state index in [4.69, 9.17) is 4.74 Å². The van der Waals surface area contributed by atoms with Crippen molar-refractivity contribution in [2.75, 3.05) is 5.32 Å². The molecule has 3 aromatic rings. The number of amides is 1. The number of rotatable bonds is 7. The first-order valence-electron chi connectivity index (χ1n) is 8.92. The van der Waals surface area contributed by atoms with Crippen LogP contribution in [0.2, 0.25) is 0 Å². The molecule has 30 heavy (non-hydrogen) atoms. The highest BCUT2D eigenvalue weighted by atomic mass is 32.2. The second-order valence-corrected chi connectivity index (χ2v) is 9.74. The molecule has 1 unspecified atom stereocenters. The van der Waals surface area contributed by atoms with Crippen molar-refractivity contribution in [3.05, 3.63) is 71.2 Å². The van der Waals surface area contributed by atoms with Gasteiger partial charge in [-0.25, -0.2) is 22.2 Å². The predicted molar refractivity (Wildman–Crippen MR) is 106 cm³/mol. The lowest BCUT2D eigenvalue weighted by atomic mass is 10.1. The first-order valence-corrected chi connectivity index (χ1v) is 11.4. The lowest BCUT2D eigenvalue weighted by molar-refractivity contribution is -0.123. The van der Waals surface area contributed by atoms with Crippen LogP contribution in [0.1, 0.15) is 24.5 Å². The average molecular weight is 449 g/mol. The Hall–Kier alpha value is -2.85. The van der Waals surface area contributed by atoms with Crippen LogP contribution in [0.25, 0.3) is 0 Å². The Labute approximate surface area is 175 Å². The van der Waals surface area contributed by atoms with Crippen molar-refractivity contribution in [1.29, 1.82) is 0 Å². The number of aromatic nitrogens is 1. The highest BCUT2D eigenvalue weighted by Crippen LogP contribution is 2.34. The summed E-state index contributed by atoms with van der Waals surface area (Å²) in [6.07, 6.45) is 2.50. The molecule has 0 saturated heterocycles. The number of carbonyl (C=O) groups is 1. The van der Waals surface area contributed by atoms with E-state index in [-0.39, 0.29) is 21.0 Å². The fraction of sp³-hybridized carbons (Fsp3) is 0.200. The maximum atomic E-state index is 14.1. The minimum atomic E-state index is -3.40. The number of nitrogens with one attached hydrogen (secondary N) is 1. The third-order valence-corrected chi connectivity index (χ3v) is 7.39. The fourth-order valence-corrected chi connectivity index (χ4v) is 4.93. The number of carbonyl (C=O) groups excluding carboxylic acids is 1. The van der Waals surface area contributed by atoms with Gasteiger partial charge in [0.25, 0.3) is 5.91 Å². The molecule has 4 rings (SSSR count). The molecule has 1 aliphatic rings. The normalized spacial score (nSPS) is 14.9. The van der Waals surface area contributed by atoms with Gasteiger partial charge in [0.1, 0.15) is 12.0 Å². The lowest BCUT2D eigenvalue weighted by Crippen LogP contribution is -2.26. The molecule has 1 saturated carbocycles. The van der Waals surface area contributed by atoms with Gasteiger partial charge >= 0.3 is 0 Å². The summed E-state index contributed by atoms with van der Waals surface area (Å²) >= 11 is 1.13. The van der Waals surface area contributed by atoms with Crippen LogP contribution in [0.15, 0.2) is 52.7 Å². The molecule has 0 spiro atoms. The molecule has 1 aliphatic carbocycles. The van der Waals surface area contributed by atoms with Gasteiger partial charge in [-0.05, 0) is 37.1 Å². The summed E-state index contributed by atoms with van der Waals surface area (Å²) in [4.78, 5) is 16.8. The van der Waals surface area contributed by atoms with Gasteiger partial charge in [-0.15, -0.1) is 11.3 Å². The summed E-state index contributed by atoms with van der Waals surface area (Å²) < 4.78 is 57.6. The fourth-order valence-electron chi connectivity index (χ4n) is 2.80. The number of sulfone groups is 1. The van der Waals surface area contributed by atoms with Gasteiger partial charge in [0.15, 0.2) is 26.5 Å². The van der Waals surface area contributed by atoms with Crippen molar-refractivity contribution >= 4 is 32.2 Å². The number of halogens is 2. The van der Waals surface area contributed by atoms with E-state index in [1.54, 1.807) is 5.38 Å². The van der Waals surface area contributed by atoms with Gasteiger partial charge in [0.2, 0.25) is 6.10 Å². The molecule has 1 N–H and O–H groups in total. The number of benzene rings is 2. The van der Waals surface area contributed by atoms with Crippen molar-refractivity contribution < 1.29 is 26.7 Å². The maximum absolute atomic E-state index is 14.1. The van der Waals surface area contributed by atoms with Gasteiger partial charge in [-0.1, -0.05) is 12.1 Å². The Kier molecular flexibility index (Phi) is 5.52. The van der Waals surface area contributed by atoms with E-state index >= 15 is 0 Å². The molecule has 1 amide bonds. The minimum Gasteiger partial charge on any atom is -0.473 e. The first-order chi connectivity index (χ1) is 14.3. The molecule has 10 heteroatoms. The van der Waals surface area contributed by atoms with Crippen LogP contribution in [0.4, 0.5) is 13.9 Å². The van der Waals surface area contributed by atoms with Gasteiger partial charge in [-0.3, -0.25) is 10.1 Å². The summed E-state index contributed by atoms with van der Waals surface area (Å²) in [6.45, 7) is 0. The zero-order valence-corrected chi connectivity index (χ0v) is 17.0. The number of thiazole rings is 1. The number of hydrogen-bond donors (Lipinski definition) is 1. The summed E-state index contributed by atoms with van der Waals surface area (Å²) in [5.74, 6) is -2.73. The quantitative estimate of drug-likeness (QED) is 0.591. The van der Waals surface area contributed by atoms with Crippen LogP contribution in [-0.4, -0.2) is 24.6 Å². The second kappa shape index (κ2) is 8.11. The van der Waals surface area contributed by atoms with Gasteiger partial charge < -0.3 is 4.74 Å². The van der Waals surface area contributed by atoms with E-state index in [9.17, 15) is 22.0 Å². The maximum Gasteiger partial charge on any atom is 0.271 e. The van der Waals surface area contributed by atoms with Crippen molar-refractivity contribution in [2.45, 2.75) is 29.1 Å². The molecule has 6 nitrogen and oxygen atoms in total. The number of nitrogens with zero attached hydrogens (tertiary/aromatic N) is 1. The van der Waals surface area contributed by atoms with Crippen LogP contribution in [0.5, 0.6) is 5.75 Å². The van der Waals surface area contributed by atoms with Crippen LogP contribution >= 0.6 is 11.3 Å². The topological polar surface area (TPSA) is 85.4 Å². The molecule has 1 heterocycles. The van der Waals surface area contributed by atoms with Crippen molar-refractivity contribution in [3.63, 3.8) is 0 Å². The highest BCUT2D eigenvalue weighted by molar-refractivity contribution is 7.92. The van der Waals surface area contributed by atoms with Crippen LogP contribution in [-0.2, 0) is 14.6 Å². The largest absolute Gasteiger partial charge is 0.473 e. The number of anilines is 1. The van der Waals surface area contributed by atoms with Gasteiger partial charge in [-0.2, -0.15) is 0 Å². The molecular formula is C20H15F2N2O4S2. The van der Waals surface area contributed by atoms with E-state index in [0.29, 0.717) is 24.5 Å². The Morgan fingerprint density at radius 1 is 1.20 bits per heavy atom. The first kappa shape index (κ1) is 20.4. The second-order valence-electron chi connectivity index (χ2n) is 6.66. The molecule has 2 aromatic carbocycles. The smallest absolute Gasteiger partial charge is 0.271 e. The monoisotopic (exact) mass is 449 g/mol. The predicted octanol–water partition coefficient (Wildman–Crippen LogP) is 3.92. The molecule has 1 fully saturated rings. The molecule has 1 aromatic heterocycles. The Bertz CT molecular complexity index is 1160. The summed E-state index contributed by atoms with van der Waals surface area (Å²) in [5.41, 5.74) is 0.298. The van der Waals surface area contributed by atoms with Crippen molar-refractivity contribution in [3.8, 4) is 5.75 Å². The zero-order chi connectivity index (χ0) is 21.3. The highest BCUT2D eigenvalue weighted by Gasteiger charge is 2.37. The summed E-state index contributed by atoms with van der Waals surface area (Å²) in [6, 6.07) is 8.40. The summed E-state index contributed by atoms with van der Waals surface area (Å²) in [7, 11) is -3.40. The van der Waals surface area contributed by atoms with E-state index in [2.05, 4.69) is 16.5 Å². The van der Waals surface area contributed by atoms with Gasteiger partial charge in [0.05, 0.1) is 10.1 Å². The minimum absolute atomic E-state index is 0.149. The van der Waals surface area contributed by atoms with Gasteiger partial charge in [0, 0.05) is 17.0 Å². The number of hydrogen-bond acceptors (Lipinski definition) is 6. The Morgan fingerprint density at radius 2 is 1.93 bits per heavy atom. The lowest BCUT2D eigenvalue weighted by Gasteiger charge is -2.19. The van der Waals surface area contributed by atoms with Crippen molar-refractivity contribution in [1.82, 2.24) is 4.98 Å². The molecule has 1 radical (unpaired) electrons. The number of ether oxygens (including phenoxy) is 1. The van der Waals surface area contributed by atoms with E-state index in [1.165, 1.54) is 24.3 Å². The standard InChI is InChI=1S/C20H15F2N2O4S2/c21-13-3-8-17(16(22)11-13)28-18(19(25)24-20-23-9-10-29-20)12-1-4-14(5-2-12)30(26,27)15-6-7-15/h1-5,8,10-11,15,18H,6-7H2,(H,23,24,25). The van der Waals surface area contributed by atoms with Crippen LogP contribution in [0.3, 0.4) is 0 Å². The van der Waals surface area contributed by atoms with Crippen molar-refractivity contribution in [2.24, 2.45) is 0 Å². The van der Waals surface area contributed by atoms with Crippen LogP contribution in [0, 0.1) is 17.8 Å². The zero-order valence-electron chi connectivity index (χ0n) is 15.3. The molecule has 0 aliphatic heterocycles. The van der Waals surface area contributed by atoms with E-state index in [0.717, 1.165) is 23.5 Å². The molecular weight excluding hydrogens is 434 g/mol. The third-order valence-electron chi connectivity index (χ3n) is 4.47. The molecule has 0 bridgehead atoms. The average Bonchev–Trinajstić information content (AvgIpc) is 3.46. The third kappa shape index (κ3) is 4.34.